The van der Waals surface area contributed by atoms with E-state index < -0.39 is 0 Å². The third-order valence-electron chi connectivity index (χ3n) is 5.55. The second kappa shape index (κ2) is 10.0. The number of carbonyl (C=O) groups excluding carboxylic acids is 2. The lowest BCUT2D eigenvalue weighted by molar-refractivity contribution is 0.0985. The fourth-order valence-corrected chi connectivity index (χ4v) is 3.60. The van der Waals surface area contributed by atoms with Crippen molar-refractivity contribution in [2.75, 3.05) is 24.3 Å². The van der Waals surface area contributed by atoms with Crippen LogP contribution in [0.5, 0.6) is 0 Å². The zero-order valence-corrected chi connectivity index (χ0v) is 18.8. The summed E-state index contributed by atoms with van der Waals surface area (Å²) >= 11 is 0. The molecule has 0 aliphatic carbocycles. The number of anilines is 3. The van der Waals surface area contributed by atoms with E-state index >= 15 is 0 Å². The van der Waals surface area contributed by atoms with Crippen LogP contribution in [0.2, 0.25) is 0 Å². The van der Waals surface area contributed by atoms with Crippen molar-refractivity contribution in [2.24, 2.45) is 0 Å². The molecular formula is C28H27N3O2. The number of benzene rings is 3. The van der Waals surface area contributed by atoms with Crippen molar-refractivity contribution in [3.05, 3.63) is 114 Å². The molecule has 5 heteroatoms. The van der Waals surface area contributed by atoms with E-state index in [1.165, 1.54) is 0 Å². The Bertz CT molecular complexity index is 1210. The van der Waals surface area contributed by atoms with Crippen LogP contribution in [0.4, 0.5) is 17.1 Å². The summed E-state index contributed by atoms with van der Waals surface area (Å²) in [6, 6.07) is 25.2. The third-order valence-corrected chi connectivity index (χ3v) is 5.55. The molecule has 0 amide bonds. The molecule has 0 aliphatic heterocycles. The standard InChI is InChI=1S/C28H27N3O2/c1-31(2)26-13-7-22(8-14-26)27(32)17-20-3-9-24(10-4-20)30-25-11-5-21(6-12-25)18-28(33)23-15-16-29-19-23/h3-16,19,29-30H,17-18H2,1-2H3. The van der Waals surface area contributed by atoms with Gasteiger partial charge in [0.15, 0.2) is 11.6 Å². The molecule has 4 rings (SSSR count). The van der Waals surface area contributed by atoms with E-state index in [-0.39, 0.29) is 11.6 Å². The number of hydrogen-bond acceptors (Lipinski definition) is 4. The van der Waals surface area contributed by atoms with Crippen molar-refractivity contribution < 1.29 is 9.59 Å². The van der Waals surface area contributed by atoms with Gasteiger partial charge in [-0.2, -0.15) is 0 Å². The van der Waals surface area contributed by atoms with Crippen LogP contribution in [0.15, 0.2) is 91.3 Å². The van der Waals surface area contributed by atoms with Gasteiger partial charge < -0.3 is 15.2 Å². The van der Waals surface area contributed by atoms with E-state index in [9.17, 15) is 9.59 Å². The number of aromatic amines is 1. The first-order chi connectivity index (χ1) is 16.0. The maximum absolute atomic E-state index is 12.6. The minimum absolute atomic E-state index is 0.0933. The normalized spacial score (nSPS) is 10.6. The molecular weight excluding hydrogens is 410 g/mol. The minimum Gasteiger partial charge on any atom is -0.378 e. The molecule has 1 heterocycles. The van der Waals surface area contributed by atoms with Crippen LogP contribution in [0.25, 0.3) is 0 Å². The van der Waals surface area contributed by atoms with Gasteiger partial charge in [0.1, 0.15) is 0 Å². The van der Waals surface area contributed by atoms with Gasteiger partial charge in [-0.3, -0.25) is 9.59 Å². The number of Topliss-reactive ketones (excluding diaryl/α,β-unsaturated/α-hetero) is 2. The van der Waals surface area contributed by atoms with Crippen molar-refractivity contribution in [1.29, 1.82) is 0 Å². The average Bonchev–Trinajstić information content (AvgIpc) is 3.37. The highest BCUT2D eigenvalue weighted by molar-refractivity contribution is 5.98. The van der Waals surface area contributed by atoms with Gasteiger partial charge in [-0.05, 0) is 65.7 Å². The number of nitrogens with one attached hydrogen (secondary N) is 2. The Hall–Kier alpha value is -4.12. The first-order valence-corrected chi connectivity index (χ1v) is 10.9. The molecule has 3 aromatic carbocycles. The van der Waals surface area contributed by atoms with Gasteiger partial charge in [0.25, 0.3) is 0 Å². The molecule has 0 bridgehead atoms. The molecule has 33 heavy (non-hydrogen) atoms. The van der Waals surface area contributed by atoms with Gasteiger partial charge in [0, 0.05) is 67.5 Å². The quantitative estimate of drug-likeness (QED) is 0.331. The molecule has 0 unspecified atom stereocenters. The van der Waals surface area contributed by atoms with Crippen LogP contribution < -0.4 is 10.2 Å². The predicted octanol–water partition coefficient (Wildman–Crippen LogP) is 5.68. The van der Waals surface area contributed by atoms with Crippen molar-refractivity contribution in [1.82, 2.24) is 4.98 Å². The Kier molecular flexibility index (Phi) is 6.69. The Morgan fingerprint density at radius 3 is 1.67 bits per heavy atom. The number of rotatable bonds is 9. The number of carbonyl (C=O) groups is 2. The lowest BCUT2D eigenvalue weighted by atomic mass is 10.0. The van der Waals surface area contributed by atoms with E-state index in [0.717, 1.165) is 33.8 Å². The first kappa shape index (κ1) is 22.1. The van der Waals surface area contributed by atoms with Crippen LogP contribution in [-0.2, 0) is 12.8 Å². The third kappa shape index (κ3) is 5.77. The van der Waals surface area contributed by atoms with Crippen LogP contribution in [0.1, 0.15) is 31.8 Å². The number of ketones is 2. The summed E-state index contributed by atoms with van der Waals surface area (Å²) in [5.74, 6) is 0.196. The first-order valence-electron chi connectivity index (χ1n) is 10.9. The molecule has 0 saturated carbocycles. The van der Waals surface area contributed by atoms with Crippen molar-refractivity contribution in [3.63, 3.8) is 0 Å². The summed E-state index contributed by atoms with van der Waals surface area (Å²) in [5, 5.41) is 3.36. The lowest BCUT2D eigenvalue weighted by Crippen LogP contribution is -2.09. The number of nitrogens with zero attached hydrogens (tertiary/aromatic N) is 1. The largest absolute Gasteiger partial charge is 0.378 e. The zero-order chi connectivity index (χ0) is 23.2. The zero-order valence-electron chi connectivity index (χ0n) is 18.8. The molecule has 0 spiro atoms. The van der Waals surface area contributed by atoms with Crippen LogP contribution >= 0.6 is 0 Å². The maximum atomic E-state index is 12.6. The predicted molar refractivity (Wildman–Crippen MR) is 134 cm³/mol. The summed E-state index contributed by atoms with van der Waals surface area (Å²) in [7, 11) is 3.96. The van der Waals surface area contributed by atoms with Crippen LogP contribution in [-0.4, -0.2) is 30.6 Å². The summed E-state index contributed by atoms with van der Waals surface area (Å²) in [6.07, 6.45) is 4.21. The molecule has 5 nitrogen and oxygen atoms in total. The van der Waals surface area contributed by atoms with Crippen LogP contribution in [0.3, 0.4) is 0 Å². The Morgan fingerprint density at radius 2 is 1.21 bits per heavy atom. The molecule has 0 fully saturated rings. The Balaban J connectivity index is 1.32. The summed E-state index contributed by atoms with van der Waals surface area (Å²) in [5.41, 5.74) is 6.32. The molecule has 4 aromatic rings. The van der Waals surface area contributed by atoms with Gasteiger partial charge in [-0.15, -0.1) is 0 Å². The molecule has 2 N–H and O–H groups in total. The molecule has 166 valence electrons. The summed E-state index contributed by atoms with van der Waals surface area (Å²) in [4.78, 5) is 29.8. The van der Waals surface area contributed by atoms with E-state index in [1.54, 1.807) is 18.5 Å². The smallest absolute Gasteiger partial charge is 0.168 e. The van der Waals surface area contributed by atoms with Gasteiger partial charge in [0.2, 0.25) is 0 Å². The highest BCUT2D eigenvalue weighted by atomic mass is 16.1. The van der Waals surface area contributed by atoms with Crippen molar-refractivity contribution >= 4 is 28.6 Å². The Morgan fingerprint density at radius 1 is 0.697 bits per heavy atom. The second-order valence-electron chi connectivity index (χ2n) is 8.26. The van der Waals surface area contributed by atoms with Gasteiger partial charge in [0.05, 0.1) is 0 Å². The fourth-order valence-electron chi connectivity index (χ4n) is 3.60. The van der Waals surface area contributed by atoms with Gasteiger partial charge in [-0.1, -0.05) is 24.3 Å². The van der Waals surface area contributed by atoms with Gasteiger partial charge >= 0.3 is 0 Å². The summed E-state index contributed by atoms with van der Waals surface area (Å²) in [6.45, 7) is 0. The monoisotopic (exact) mass is 437 g/mol. The van der Waals surface area contributed by atoms with Gasteiger partial charge in [-0.25, -0.2) is 0 Å². The van der Waals surface area contributed by atoms with Crippen LogP contribution in [0, 0.1) is 0 Å². The lowest BCUT2D eigenvalue weighted by Gasteiger charge is -2.12. The number of aromatic nitrogens is 1. The fraction of sp³-hybridized carbons (Fsp3) is 0.143. The molecule has 1 aromatic heterocycles. The molecule has 0 saturated heterocycles. The maximum Gasteiger partial charge on any atom is 0.168 e. The molecule has 0 aliphatic rings. The van der Waals surface area contributed by atoms with E-state index in [0.29, 0.717) is 18.4 Å². The minimum atomic E-state index is 0.0933. The van der Waals surface area contributed by atoms with E-state index in [2.05, 4.69) is 10.3 Å². The van der Waals surface area contributed by atoms with E-state index in [4.69, 9.17) is 0 Å². The van der Waals surface area contributed by atoms with Crippen molar-refractivity contribution in [3.8, 4) is 0 Å². The topological polar surface area (TPSA) is 65.2 Å². The number of hydrogen-bond donors (Lipinski definition) is 2. The van der Waals surface area contributed by atoms with E-state index in [1.807, 2.05) is 91.8 Å². The molecule has 0 atom stereocenters. The van der Waals surface area contributed by atoms with Crippen molar-refractivity contribution in [2.45, 2.75) is 12.8 Å². The second-order valence-corrected chi connectivity index (χ2v) is 8.26. The molecule has 0 radical (unpaired) electrons. The summed E-state index contributed by atoms with van der Waals surface area (Å²) < 4.78 is 0. The number of H-pyrrole nitrogens is 1. The Labute approximate surface area is 194 Å². The SMILES string of the molecule is CN(C)c1ccc(C(=O)Cc2ccc(Nc3ccc(CC(=O)c4cc[nH]c4)cc3)cc2)cc1. The highest BCUT2D eigenvalue weighted by Crippen LogP contribution is 2.20. The highest BCUT2D eigenvalue weighted by Gasteiger charge is 2.09. The average molecular weight is 438 g/mol.